The fraction of sp³-hybridized carbons (Fsp3) is 0.267. The minimum absolute atomic E-state index is 0.0789. The average Bonchev–Trinajstić information content (AvgIpc) is 3.18. The number of hydrogen-bond acceptors (Lipinski definition) is 5. The van der Waals surface area contributed by atoms with Gasteiger partial charge in [-0.15, -0.1) is 11.3 Å². The van der Waals surface area contributed by atoms with Crippen molar-refractivity contribution < 1.29 is 18.3 Å². The molecule has 0 aliphatic rings. The molecule has 0 saturated heterocycles. The second-order valence-corrected chi connectivity index (χ2v) is 6.19. The van der Waals surface area contributed by atoms with Gasteiger partial charge in [0.25, 0.3) is 11.5 Å². The van der Waals surface area contributed by atoms with Gasteiger partial charge in [0.15, 0.2) is 5.69 Å². The molecular weight excluding hydrogens is 357 g/mol. The molecule has 6 nitrogen and oxygen atoms in total. The van der Waals surface area contributed by atoms with Gasteiger partial charge in [-0.2, -0.15) is 17.9 Å². The molecule has 3 aromatic rings. The Morgan fingerprint density at radius 3 is 2.72 bits per heavy atom. The lowest BCUT2D eigenvalue weighted by Gasteiger charge is -2.09. The van der Waals surface area contributed by atoms with Crippen molar-refractivity contribution in [2.24, 2.45) is 0 Å². The van der Waals surface area contributed by atoms with Crippen LogP contribution in [0.4, 0.5) is 13.2 Å². The molecule has 3 aromatic heterocycles. The first kappa shape index (κ1) is 17.4. The van der Waals surface area contributed by atoms with Gasteiger partial charge in [0.1, 0.15) is 0 Å². The topological polar surface area (TPSA) is 83.8 Å². The molecule has 0 bridgehead atoms. The van der Waals surface area contributed by atoms with Gasteiger partial charge >= 0.3 is 6.18 Å². The highest BCUT2D eigenvalue weighted by molar-refractivity contribution is 7.13. The van der Waals surface area contributed by atoms with Gasteiger partial charge in [0, 0.05) is 24.3 Å². The molecule has 10 heteroatoms. The van der Waals surface area contributed by atoms with Crippen LogP contribution < -0.4 is 5.56 Å². The highest BCUT2D eigenvalue weighted by Crippen LogP contribution is 2.32. The summed E-state index contributed by atoms with van der Waals surface area (Å²) in [6.07, 6.45) is -4.59. The minimum atomic E-state index is -4.68. The molecule has 132 valence electrons. The van der Waals surface area contributed by atoms with Crippen molar-refractivity contribution in [1.29, 1.82) is 0 Å². The maximum atomic E-state index is 13.2. The number of hydrogen-bond donors (Lipinski definition) is 2. The highest BCUT2D eigenvalue weighted by atomic mass is 32.1. The number of aromatic nitrogens is 4. The summed E-state index contributed by atoms with van der Waals surface area (Å²) in [7, 11) is 0. The second-order valence-electron chi connectivity index (χ2n) is 5.24. The maximum absolute atomic E-state index is 13.2. The summed E-state index contributed by atoms with van der Waals surface area (Å²) in [6, 6.07) is 4.18. The zero-order valence-electron chi connectivity index (χ0n) is 13.0. The zero-order chi connectivity index (χ0) is 18.2. The number of aliphatic hydroxyl groups is 1. The first-order valence-corrected chi connectivity index (χ1v) is 8.11. The summed E-state index contributed by atoms with van der Waals surface area (Å²) in [4.78, 5) is 20.5. The third kappa shape index (κ3) is 3.35. The summed E-state index contributed by atoms with van der Waals surface area (Å²) in [5.41, 5.74) is -0.916. The molecule has 25 heavy (non-hydrogen) atoms. The first-order chi connectivity index (χ1) is 11.8. The van der Waals surface area contributed by atoms with Gasteiger partial charge in [-0.05, 0) is 24.4 Å². The van der Waals surface area contributed by atoms with Gasteiger partial charge in [-0.25, -0.2) is 9.97 Å². The molecule has 0 fully saturated rings. The van der Waals surface area contributed by atoms with Crippen molar-refractivity contribution in [1.82, 2.24) is 19.7 Å². The Morgan fingerprint density at radius 2 is 2.12 bits per heavy atom. The predicted octanol–water partition coefficient (Wildman–Crippen LogP) is 2.55. The van der Waals surface area contributed by atoms with Gasteiger partial charge in [-0.1, -0.05) is 6.07 Å². The predicted molar refractivity (Wildman–Crippen MR) is 85.8 cm³/mol. The van der Waals surface area contributed by atoms with E-state index in [-0.39, 0.29) is 24.3 Å². The average molecular weight is 370 g/mol. The van der Waals surface area contributed by atoms with E-state index in [0.29, 0.717) is 10.6 Å². The van der Waals surface area contributed by atoms with Crippen LogP contribution in [0, 0.1) is 6.92 Å². The third-order valence-corrected chi connectivity index (χ3v) is 4.43. The van der Waals surface area contributed by atoms with Crippen molar-refractivity contribution >= 4 is 11.3 Å². The van der Waals surface area contributed by atoms with E-state index in [4.69, 9.17) is 5.11 Å². The molecular formula is C15H13F3N4O2S. The largest absolute Gasteiger partial charge is 0.433 e. The molecule has 3 rings (SSSR count). The van der Waals surface area contributed by atoms with Crippen molar-refractivity contribution in [2.75, 3.05) is 6.61 Å². The summed E-state index contributed by atoms with van der Waals surface area (Å²) in [5, 5.41) is 13.4. The van der Waals surface area contributed by atoms with Crippen LogP contribution in [0.15, 0.2) is 28.4 Å². The van der Waals surface area contributed by atoms with Gasteiger partial charge in [0.2, 0.25) is 0 Å². The summed E-state index contributed by atoms with van der Waals surface area (Å²) >= 11 is 1.23. The van der Waals surface area contributed by atoms with Crippen LogP contribution in [-0.4, -0.2) is 31.5 Å². The summed E-state index contributed by atoms with van der Waals surface area (Å²) in [5.74, 6) is -0.393. The number of aromatic amines is 1. The first-order valence-electron chi connectivity index (χ1n) is 7.23. The fourth-order valence-corrected chi connectivity index (χ4v) is 3.04. The van der Waals surface area contributed by atoms with Crippen LogP contribution in [0.5, 0.6) is 0 Å². The number of aryl methyl sites for hydroxylation is 1. The van der Waals surface area contributed by atoms with E-state index < -0.39 is 23.4 Å². The van der Waals surface area contributed by atoms with E-state index in [0.717, 1.165) is 10.7 Å². The summed E-state index contributed by atoms with van der Waals surface area (Å²) < 4.78 is 40.4. The van der Waals surface area contributed by atoms with Crippen molar-refractivity contribution in [3.63, 3.8) is 0 Å². The van der Waals surface area contributed by atoms with Crippen molar-refractivity contribution in [3.05, 3.63) is 50.9 Å². The Bertz CT molecular complexity index is 945. The molecule has 0 aliphatic carbocycles. The van der Waals surface area contributed by atoms with E-state index in [2.05, 4.69) is 15.1 Å². The molecule has 0 unspecified atom stereocenters. The van der Waals surface area contributed by atoms with Crippen molar-refractivity contribution in [3.8, 4) is 16.5 Å². The number of rotatable bonds is 4. The maximum Gasteiger partial charge on any atom is 0.433 e. The Balaban J connectivity index is 2.21. The number of thiophene rings is 1. The number of halogens is 3. The van der Waals surface area contributed by atoms with E-state index in [1.54, 1.807) is 24.4 Å². The highest BCUT2D eigenvalue weighted by Gasteiger charge is 2.34. The van der Waals surface area contributed by atoms with E-state index in [9.17, 15) is 18.0 Å². The van der Waals surface area contributed by atoms with Gasteiger partial charge in [0.05, 0.1) is 10.6 Å². The molecule has 0 spiro atoms. The third-order valence-electron chi connectivity index (χ3n) is 3.53. The normalized spacial score (nSPS) is 11.9. The second kappa shape index (κ2) is 6.45. The Kier molecular flexibility index (Phi) is 4.48. The lowest BCUT2D eigenvalue weighted by molar-refractivity contribution is -0.141. The Morgan fingerprint density at radius 1 is 1.36 bits per heavy atom. The van der Waals surface area contributed by atoms with Gasteiger partial charge in [-0.3, -0.25) is 9.89 Å². The minimum Gasteiger partial charge on any atom is -0.396 e. The molecule has 0 aromatic carbocycles. The van der Waals surface area contributed by atoms with Crippen LogP contribution in [0.1, 0.15) is 17.0 Å². The smallest absolute Gasteiger partial charge is 0.396 e. The number of aliphatic hydroxyl groups excluding tert-OH is 1. The standard InChI is InChI=1S/C15H13F3N4O2S/c1-8-9(4-5-23)13(24)22(21-8)14-19-10(11-3-2-6-25-11)7-12(20-14)15(16,17)18/h2-3,6-7,21,23H,4-5H2,1H3. The quantitative estimate of drug-likeness (QED) is 0.739. The Labute approximate surface area is 143 Å². The monoisotopic (exact) mass is 370 g/mol. The molecule has 0 saturated carbocycles. The van der Waals surface area contributed by atoms with E-state index >= 15 is 0 Å². The summed E-state index contributed by atoms with van der Waals surface area (Å²) in [6.45, 7) is 1.34. The lowest BCUT2D eigenvalue weighted by atomic mass is 10.2. The number of nitrogens with one attached hydrogen (secondary N) is 1. The number of alkyl halides is 3. The van der Waals surface area contributed by atoms with Crippen LogP contribution in [0.25, 0.3) is 16.5 Å². The Hall–Kier alpha value is -2.46. The zero-order valence-corrected chi connectivity index (χ0v) is 13.8. The van der Waals surface area contributed by atoms with Crippen LogP contribution >= 0.6 is 11.3 Å². The van der Waals surface area contributed by atoms with Gasteiger partial charge < -0.3 is 5.11 Å². The fourth-order valence-electron chi connectivity index (χ4n) is 2.36. The van der Waals surface area contributed by atoms with E-state index in [1.165, 1.54) is 11.3 Å². The molecule has 0 aliphatic heterocycles. The molecule has 2 N–H and O–H groups in total. The van der Waals surface area contributed by atoms with Crippen molar-refractivity contribution in [2.45, 2.75) is 19.5 Å². The SMILES string of the molecule is Cc1[nH]n(-c2nc(-c3cccs3)cc(C(F)(F)F)n2)c(=O)c1CCO. The van der Waals surface area contributed by atoms with Crippen LogP contribution in [0.3, 0.4) is 0 Å². The van der Waals surface area contributed by atoms with Crippen LogP contribution in [0.2, 0.25) is 0 Å². The number of H-pyrrole nitrogens is 1. The van der Waals surface area contributed by atoms with E-state index in [1.807, 2.05) is 0 Å². The number of nitrogens with zero attached hydrogens (tertiary/aromatic N) is 3. The lowest BCUT2D eigenvalue weighted by Crippen LogP contribution is -2.22. The van der Waals surface area contributed by atoms with Crippen LogP contribution in [-0.2, 0) is 12.6 Å². The molecule has 3 heterocycles. The molecule has 0 amide bonds. The molecule has 0 atom stereocenters. The molecule has 0 radical (unpaired) electrons.